The predicted octanol–water partition coefficient (Wildman–Crippen LogP) is 9.11. The average molecular weight is 890 g/mol. The fraction of sp³-hybridized carbons (Fsp3) is 0.373. The van der Waals surface area contributed by atoms with Crippen molar-refractivity contribution in [1.29, 1.82) is 0 Å². The molecule has 1 aliphatic heterocycles. The maximum Gasteiger partial charge on any atom is 0.245 e. The van der Waals surface area contributed by atoms with Gasteiger partial charge in [-0.15, -0.1) is 6.58 Å². The summed E-state index contributed by atoms with van der Waals surface area (Å²) in [7, 11) is -2.74. The number of halogens is 1. The lowest BCUT2D eigenvalue weighted by atomic mass is 9.55. The highest BCUT2D eigenvalue weighted by molar-refractivity contribution is 7.89. The Morgan fingerprint density at radius 1 is 0.938 bits per heavy atom. The summed E-state index contributed by atoms with van der Waals surface area (Å²) in [6.07, 6.45) is 9.78. The summed E-state index contributed by atoms with van der Waals surface area (Å²) in [5, 5.41) is 25.5. The maximum atomic E-state index is 15.2. The van der Waals surface area contributed by atoms with Crippen molar-refractivity contribution in [2.45, 2.75) is 80.8 Å². The van der Waals surface area contributed by atoms with E-state index in [0.29, 0.717) is 46.5 Å². The van der Waals surface area contributed by atoms with E-state index in [1.54, 1.807) is 61.8 Å². The number of allylic oxidation sites excluding steroid dienone is 1. The van der Waals surface area contributed by atoms with E-state index in [4.69, 9.17) is 24.2 Å². The first kappa shape index (κ1) is 45.1. The molecule has 0 unspecified atom stereocenters. The number of nitrogens with zero attached hydrogens (tertiary/aromatic N) is 3. The zero-order chi connectivity index (χ0) is 44.7. The molecular weight excluding hydrogens is 834 g/mol. The van der Waals surface area contributed by atoms with E-state index < -0.39 is 27.8 Å². The van der Waals surface area contributed by atoms with Crippen molar-refractivity contribution in [3.63, 3.8) is 0 Å². The smallest absolute Gasteiger partial charge is 0.245 e. The van der Waals surface area contributed by atoms with Crippen LogP contribution >= 0.6 is 0 Å². The number of sulfonamides is 1. The lowest BCUT2D eigenvalue weighted by molar-refractivity contribution is -0.250. The van der Waals surface area contributed by atoms with E-state index in [-0.39, 0.29) is 67.9 Å². The number of benzene rings is 4. The van der Waals surface area contributed by atoms with Gasteiger partial charge in [0.05, 0.1) is 29.8 Å². The van der Waals surface area contributed by atoms with Crippen molar-refractivity contribution in [2.24, 2.45) is 22.9 Å². The van der Waals surface area contributed by atoms with Gasteiger partial charge < -0.3 is 29.3 Å². The summed E-state index contributed by atoms with van der Waals surface area (Å²) in [6, 6.07) is 29.5. The van der Waals surface area contributed by atoms with Gasteiger partial charge in [0.25, 0.3) is 0 Å². The van der Waals surface area contributed by atoms with Crippen LogP contribution in [0.3, 0.4) is 0 Å². The number of rotatable bonds is 20. The zero-order valence-electron chi connectivity index (χ0n) is 36.1. The second-order valence-corrected chi connectivity index (χ2v) is 18.7. The number of aromatic nitrogens is 1. The van der Waals surface area contributed by atoms with Gasteiger partial charge in [-0.25, -0.2) is 12.8 Å². The van der Waals surface area contributed by atoms with E-state index in [2.05, 4.69) is 17.6 Å². The van der Waals surface area contributed by atoms with E-state index in [1.807, 2.05) is 54.6 Å². The molecule has 6 atom stereocenters. The highest BCUT2D eigenvalue weighted by Gasteiger charge is 2.65. The third-order valence-electron chi connectivity index (χ3n) is 12.9. The van der Waals surface area contributed by atoms with Gasteiger partial charge in [-0.2, -0.15) is 4.31 Å². The molecule has 1 saturated carbocycles. The molecule has 11 nitrogen and oxygen atoms in total. The summed E-state index contributed by atoms with van der Waals surface area (Å²) in [4.78, 5) is 10.7. The minimum atomic E-state index is -4.30. The van der Waals surface area contributed by atoms with Crippen LogP contribution in [0, 0.1) is 23.6 Å². The number of likely N-dealkylation sites (N-methyl/N-ethyl adjacent to an activating group) is 1. The van der Waals surface area contributed by atoms with Gasteiger partial charge in [0.15, 0.2) is 0 Å². The number of ether oxygens (including phenoxy) is 3. The van der Waals surface area contributed by atoms with Crippen LogP contribution in [0.4, 0.5) is 4.39 Å². The van der Waals surface area contributed by atoms with Crippen LogP contribution in [0.15, 0.2) is 144 Å². The summed E-state index contributed by atoms with van der Waals surface area (Å²) in [5.41, 5.74) is 3.94. The van der Waals surface area contributed by atoms with Crippen molar-refractivity contribution >= 4 is 26.6 Å². The van der Waals surface area contributed by atoms with E-state index >= 15 is 8.42 Å². The molecular formula is C51H56FN3O8S. The molecule has 1 aromatic heterocycles. The minimum Gasteiger partial charge on any atom is -0.489 e. The van der Waals surface area contributed by atoms with E-state index in [1.165, 1.54) is 10.4 Å². The molecule has 1 fully saturated rings. The van der Waals surface area contributed by atoms with Gasteiger partial charge in [-0.1, -0.05) is 96.9 Å². The Balaban J connectivity index is 1.32. The molecule has 2 heterocycles. The summed E-state index contributed by atoms with van der Waals surface area (Å²) in [5.74, 6) is -1.99. The Hall–Kier alpha value is -5.44. The Kier molecular flexibility index (Phi) is 14.2. The molecule has 64 heavy (non-hydrogen) atoms. The molecule has 4 aromatic carbocycles. The van der Waals surface area contributed by atoms with Crippen molar-refractivity contribution in [2.75, 3.05) is 26.9 Å². The number of oxime groups is 1. The molecule has 2 aliphatic carbocycles. The first-order valence-corrected chi connectivity index (χ1v) is 23.6. The molecule has 3 aliphatic rings. The Morgan fingerprint density at radius 2 is 1.70 bits per heavy atom. The van der Waals surface area contributed by atoms with Gasteiger partial charge in [-0.05, 0) is 85.1 Å². The molecule has 5 aromatic rings. The van der Waals surface area contributed by atoms with Gasteiger partial charge in [0.2, 0.25) is 15.8 Å². The minimum absolute atomic E-state index is 0.00494. The highest BCUT2D eigenvalue weighted by atomic mass is 32.2. The highest BCUT2D eigenvalue weighted by Crippen LogP contribution is 2.62. The number of fused-ring (bicyclic) bond motifs is 3. The monoisotopic (exact) mass is 889 g/mol. The third-order valence-corrected chi connectivity index (χ3v) is 14.8. The maximum absolute atomic E-state index is 15.2. The molecule has 2 N–H and O–H groups in total. The van der Waals surface area contributed by atoms with Crippen LogP contribution in [0.5, 0.6) is 11.5 Å². The first-order chi connectivity index (χ1) is 31.2. The quantitative estimate of drug-likeness (QED) is 0.0445. The average Bonchev–Trinajstić information content (AvgIpc) is 3.31. The van der Waals surface area contributed by atoms with E-state index in [9.17, 15) is 14.6 Å². The molecule has 0 bridgehead atoms. The molecule has 8 rings (SSSR count). The van der Waals surface area contributed by atoms with Crippen molar-refractivity contribution in [3.05, 3.63) is 156 Å². The summed E-state index contributed by atoms with van der Waals surface area (Å²) < 4.78 is 67.1. The Morgan fingerprint density at radius 3 is 2.48 bits per heavy atom. The summed E-state index contributed by atoms with van der Waals surface area (Å²) in [6.45, 7) is 4.34. The second kappa shape index (κ2) is 20.2. The van der Waals surface area contributed by atoms with E-state index in [0.717, 1.165) is 42.4 Å². The largest absolute Gasteiger partial charge is 0.489 e. The first-order valence-electron chi connectivity index (χ1n) is 22.1. The number of hydrogen-bond donors (Lipinski definition) is 2. The fourth-order valence-corrected chi connectivity index (χ4v) is 11.5. The molecule has 0 radical (unpaired) electrons. The zero-order valence-corrected chi connectivity index (χ0v) is 36.9. The van der Waals surface area contributed by atoms with Crippen LogP contribution in [-0.2, 0) is 32.8 Å². The molecule has 13 heteroatoms. The van der Waals surface area contributed by atoms with Crippen LogP contribution in [0.2, 0.25) is 0 Å². The number of para-hydroxylation sites is 1. The summed E-state index contributed by atoms with van der Waals surface area (Å²) >= 11 is 0. The predicted molar refractivity (Wildman–Crippen MR) is 244 cm³/mol. The SMILES string of the molecule is C=CCO[C@@]12Oc3ccc(OCc4ccccc4F)cc3[C@H]3[C@H](CCCCO)[C@@H](CCCCO)C=C(C(=NOCc4ccccc4)C[C@@H]1N(C)S(=O)(=O)c1cccc4cccnc14)[C@H]32. The van der Waals surface area contributed by atoms with Crippen molar-refractivity contribution < 1.29 is 42.1 Å². The van der Waals surface area contributed by atoms with Crippen molar-refractivity contribution in [1.82, 2.24) is 9.29 Å². The van der Waals surface area contributed by atoms with Gasteiger partial charge in [0, 0.05) is 55.3 Å². The Labute approximate surface area is 374 Å². The normalized spacial score (nSPS) is 23.2. The molecule has 0 spiro atoms. The van der Waals surface area contributed by atoms with Crippen molar-refractivity contribution in [3.8, 4) is 11.5 Å². The number of unbranched alkanes of at least 4 members (excludes halogenated alkanes) is 2. The van der Waals surface area contributed by atoms with Crippen LogP contribution in [-0.4, -0.2) is 72.3 Å². The third kappa shape index (κ3) is 9.09. The van der Waals surface area contributed by atoms with Crippen LogP contribution in [0.1, 0.15) is 67.6 Å². The lowest BCUT2D eigenvalue weighted by Gasteiger charge is -2.59. The number of aliphatic hydroxyl groups excluding tert-OH is 2. The topological polar surface area (TPSA) is 140 Å². The fourth-order valence-electron chi connectivity index (χ4n) is 9.94. The standard InChI is InChI=1S/C51H56FN3O8S/c1-3-29-61-51-47(55(2)64(58,59)46-23-13-19-36-20-14-26-53-50(36)46)32-44(54-62-33-35-15-5-4-6-16-35)41-30-37(17-9-11-27-56)40(21-10-12-28-57)48(49(41)51)42-31-39(24-25-45(42)63-51)60-34-38-18-7-8-22-43(38)52/h3-8,13-16,18-20,22-26,30-31,37,40,47-49,56-57H,1,9-12,17,21,27-29,32-34H2,2H3/t37-,40+,47-,48+,49+,51+/m0/s1. The molecule has 336 valence electrons. The molecule has 0 saturated heterocycles. The van der Waals surface area contributed by atoms with Crippen LogP contribution < -0.4 is 9.47 Å². The van der Waals surface area contributed by atoms with Crippen LogP contribution in [0.25, 0.3) is 10.9 Å². The number of pyridine rings is 1. The van der Waals surface area contributed by atoms with Gasteiger partial charge in [0.1, 0.15) is 35.4 Å². The second-order valence-electron chi connectivity index (χ2n) is 16.8. The van der Waals surface area contributed by atoms with Gasteiger partial charge in [-0.3, -0.25) is 4.98 Å². The lowest BCUT2D eigenvalue weighted by Crippen LogP contribution is -2.69. The van der Waals surface area contributed by atoms with Gasteiger partial charge >= 0.3 is 0 Å². The molecule has 0 amide bonds. The number of aliphatic hydroxyl groups is 2. The Bertz CT molecular complexity index is 2580. The number of hydrogen-bond acceptors (Lipinski definition) is 10.